The molecule has 0 saturated carbocycles. The predicted molar refractivity (Wildman–Crippen MR) is 83.3 cm³/mol. The fourth-order valence-electron chi connectivity index (χ4n) is 2.01. The Hall–Kier alpha value is -1.86. The van der Waals surface area contributed by atoms with Crippen LogP contribution in [-0.4, -0.2) is 24.7 Å². The zero-order valence-corrected chi connectivity index (χ0v) is 13.0. The van der Waals surface area contributed by atoms with E-state index in [1.165, 1.54) is 6.20 Å². The van der Waals surface area contributed by atoms with Crippen LogP contribution in [-0.2, 0) is 29.4 Å². The Kier molecular flexibility index (Phi) is 4.98. The Morgan fingerprint density at radius 3 is 2.71 bits per heavy atom. The van der Waals surface area contributed by atoms with Crippen LogP contribution in [0.3, 0.4) is 0 Å². The summed E-state index contributed by atoms with van der Waals surface area (Å²) in [5.41, 5.74) is 2.31. The molecule has 21 heavy (non-hydrogen) atoms. The van der Waals surface area contributed by atoms with E-state index in [-0.39, 0.29) is 5.75 Å². The van der Waals surface area contributed by atoms with Gasteiger partial charge in [0.15, 0.2) is 0 Å². The second kappa shape index (κ2) is 6.73. The van der Waals surface area contributed by atoms with Crippen LogP contribution in [0.25, 0.3) is 0 Å². The van der Waals surface area contributed by atoms with Crippen LogP contribution in [0.15, 0.2) is 36.7 Å². The summed E-state index contributed by atoms with van der Waals surface area (Å²) in [6.45, 7) is 3.65. The molecule has 0 spiro atoms. The molecule has 6 nitrogen and oxygen atoms in total. The maximum absolute atomic E-state index is 12.1. The van der Waals surface area contributed by atoms with Crippen LogP contribution in [0.1, 0.15) is 18.1 Å². The number of nitrogens with one attached hydrogen (secondary N) is 2. The van der Waals surface area contributed by atoms with Crippen LogP contribution < -0.4 is 10.0 Å². The Morgan fingerprint density at radius 2 is 2.05 bits per heavy atom. The van der Waals surface area contributed by atoms with Crippen LogP contribution >= 0.6 is 0 Å². The largest absolute Gasteiger partial charge is 0.313 e. The molecule has 7 heteroatoms. The SMILES string of the molecule is CCNCc1cccc(CS(=O)(=O)Nc2cnn(C)c2)c1. The highest BCUT2D eigenvalue weighted by molar-refractivity contribution is 7.91. The van der Waals surface area contributed by atoms with Gasteiger partial charge in [-0.05, 0) is 17.7 Å². The van der Waals surface area contributed by atoms with E-state index in [1.54, 1.807) is 17.9 Å². The Bertz CT molecular complexity index is 695. The molecule has 2 aromatic rings. The first-order valence-electron chi connectivity index (χ1n) is 6.76. The summed E-state index contributed by atoms with van der Waals surface area (Å²) in [5, 5.41) is 7.16. The van der Waals surface area contributed by atoms with E-state index >= 15 is 0 Å². The van der Waals surface area contributed by atoms with Gasteiger partial charge in [0.1, 0.15) is 0 Å². The molecule has 0 atom stereocenters. The highest BCUT2D eigenvalue weighted by Gasteiger charge is 2.13. The molecule has 1 aromatic heterocycles. The van der Waals surface area contributed by atoms with Crippen molar-refractivity contribution in [1.29, 1.82) is 0 Å². The zero-order chi connectivity index (χ0) is 15.3. The first-order valence-corrected chi connectivity index (χ1v) is 8.41. The topological polar surface area (TPSA) is 76.0 Å². The van der Waals surface area contributed by atoms with Gasteiger partial charge in [-0.15, -0.1) is 0 Å². The molecule has 0 amide bonds. The molecule has 1 heterocycles. The van der Waals surface area contributed by atoms with E-state index in [9.17, 15) is 8.42 Å². The minimum atomic E-state index is -3.44. The van der Waals surface area contributed by atoms with E-state index in [0.717, 1.165) is 24.2 Å². The van der Waals surface area contributed by atoms with E-state index in [4.69, 9.17) is 0 Å². The van der Waals surface area contributed by atoms with E-state index < -0.39 is 10.0 Å². The fraction of sp³-hybridized carbons (Fsp3) is 0.357. The average molecular weight is 308 g/mol. The summed E-state index contributed by atoms with van der Waals surface area (Å²) in [4.78, 5) is 0. The number of hydrogen-bond donors (Lipinski definition) is 2. The van der Waals surface area contributed by atoms with Crippen molar-refractivity contribution in [2.24, 2.45) is 7.05 Å². The number of anilines is 1. The van der Waals surface area contributed by atoms with Gasteiger partial charge in [0.05, 0.1) is 17.6 Å². The second-order valence-corrected chi connectivity index (χ2v) is 6.59. The van der Waals surface area contributed by atoms with Crippen LogP contribution in [0.5, 0.6) is 0 Å². The van der Waals surface area contributed by atoms with Crippen molar-refractivity contribution >= 4 is 15.7 Å². The van der Waals surface area contributed by atoms with Crippen molar-refractivity contribution in [3.8, 4) is 0 Å². The van der Waals surface area contributed by atoms with Crippen molar-refractivity contribution in [3.63, 3.8) is 0 Å². The highest BCUT2D eigenvalue weighted by atomic mass is 32.2. The number of nitrogens with zero attached hydrogens (tertiary/aromatic N) is 2. The number of sulfonamides is 1. The molecule has 0 aliphatic heterocycles. The summed E-state index contributed by atoms with van der Waals surface area (Å²) in [7, 11) is -1.70. The number of hydrogen-bond acceptors (Lipinski definition) is 4. The number of benzene rings is 1. The minimum Gasteiger partial charge on any atom is -0.313 e. The third kappa shape index (κ3) is 4.87. The molecule has 0 unspecified atom stereocenters. The molecule has 0 fully saturated rings. The number of aryl methyl sites for hydroxylation is 1. The van der Waals surface area contributed by atoms with Gasteiger partial charge < -0.3 is 5.32 Å². The smallest absolute Gasteiger partial charge is 0.237 e. The fourth-order valence-corrected chi connectivity index (χ4v) is 3.16. The molecular formula is C14H20N4O2S. The molecule has 114 valence electrons. The Balaban J connectivity index is 2.05. The quantitative estimate of drug-likeness (QED) is 0.812. The summed E-state index contributed by atoms with van der Waals surface area (Å²) < 4.78 is 28.4. The van der Waals surface area contributed by atoms with Gasteiger partial charge in [-0.1, -0.05) is 31.2 Å². The third-order valence-electron chi connectivity index (χ3n) is 2.91. The van der Waals surface area contributed by atoms with Crippen LogP contribution in [0.2, 0.25) is 0 Å². The Morgan fingerprint density at radius 1 is 1.29 bits per heavy atom. The number of aromatic nitrogens is 2. The lowest BCUT2D eigenvalue weighted by atomic mass is 10.1. The summed E-state index contributed by atoms with van der Waals surface area (Å²) in [6, 6.07) is 7.58. The molecule has 2 N–H and O–H groups in total. The highest BCUT2D eigenvalue weighted by Crippen LogP contribution is 2.13. The predicted octanol–water partition coefficient (Wildman–Crippen LogP) is 1.47. The van der Waals surface area contributed by atoms with Crippen molar-refractivity contribution in [2.45, 2.75) is 19.2 Å². The van der Waals surface area contributed by atoms with Crippen LogP contribution in [0.4, 0.5) is 5.69 Å². The van der Waals surface area contributed by atoms with Gasteiger partial charge in [0.25, 0.3) is 0 Å². The maximum atomic E-state index is 12.1. The van der Waals surface area contributed by atoms with Gasteiger partial charge in [0, 0.05) is 19.8 Å². The van der Waals surface area contributed by atoms with E-state index in [2.05, 4.69) is 15.1 Å². The normalized spacial score (nSPS) is 11.5. The van der Waals surface area contributed by atoms with Crippen molar-refractivity contribution in [1.82, 2.24) is 15.1 Å². The molecular weight excluding hydrogens is 288 g/mol. The standard InChI is InChI=1S/C14H20N4O2S/c1-3-15-8-12-5-4-6-13(7-12)11-21(19,20)17-14-9-16-18(2)10-14/h4-7,9-10,15,17H,3,8,11H2,1-2H3. The minimum absolute atomic E-state index is 0.0537. The monoisotopic (exact) mass is 308 g/mol. The number of rotatable bonds is 7. The van der Waals surface area contributed by atoms with Crippen molar-refractivity contribution < 1.29 is 8.42 Å². The summed E-state index contributed by atoms with van der Waals surface area (Å²) >= 11 is 0. The molecule has 0 aliphatic rings. The molecule has 0 radical (unpaired) electrons. The lowest BCUT2D eigenvalue weighted by Crippen LogP contribution is -2.15. The first-order chi connectivity index (χ1) is 9.98. The molecule has 1 aromatic carbocycles. The zero-order valence-electron chi connectivity index (χ0n) is 12.2. The average Bonchev–Trinajstić information content (AvgIpc) is 2.80. The van der Waals surface area contributed by atoms with Gasteiger partial charge in [-0.25, -0.2) is 8.42 Å². The summed E-state index contributed by atoms with van der Waals surface area (Å²) in [6.07, 6.45) is 3.11. The lowest BCUT2D eigenvalue weighted by Gasteiger charge is -2.08. The van der Waals surface area contributed by atoms with E-state index in [1.807, 2.05) is 31.2 Å². The lowest BCUT2D eigenvalue weighted by molar-refractivity contribution is 0.600. The molecule has 0 bridgehead atoms. The van der Waals surface area contributed by atoms with Gasteiger partial charge in [-0.3, -0.25) is 9.40 Å². The molecule has 0 aliphatic carbocycles. The van der Waals surface area contributed by atoms with Crippen molar-refractivity contribution in [3.05, 3.63) is 47.8 Å². The van der Waals surface area contributed by atoms with E-state index in [0.29, 0.717) is 5.69 Å². The summed E-state index contributed by atoms with van der Waals surface area (Å²) in [5.74, 6) is -0.0537. The van der Waals surface area contributed by atoms with Gasteiger partial charge >= 0.3 is 0 Å². The van der Waals surface area contributed by atoms with Crippen LogP contribution in [0, 0.1) is 0 Å². The molecule has 0 saturated heterocycles. The molecule has 2 rings (SSSR count). The maximum Gasteiger partial charge on any atom is 0.237 e. The Labute approximate surface area is 125 Å². The van der Waals surface area contributed by atoms with Gasteiger partial charge in [-0.2, -0.15) is 5.10 Å². The second-order valence-electron chi connectivity index (χ2n) is 4.86. The van der Waals surface area contributed by atoms with Gasteiger partial charge in [0.2, 0.25) is 10.0 Å². The third-order valence-corrected chi connectivity index (χ3v) is 4.17. The van der Waals surface area contributed by atoms with Crippen molar-refractivity contribution in [2.75, 3.05) is 11.3 Å². The first kappa shape index (κ1) is 15.5.